The number of alkyl halides is 3. The number of nitrogen functional groups attached to an aromatic ring is 1. The normalized spacial score (nSPS) is 14.2. The first kappa shape index (κ1) is 24.5. The lowest BCUT2D eigenvalue weighted by Crippen LogP contribution is -2.50. The molecule has 1 fully saturated rings. The van der Waals surface area contributed by atoms with Gasteiger partial charge in [0.25, 0.3) is 0 Å². The van der Waals surface area contributed by atoms with Crippen molar-refractivity contribution in [2.45, 2.75) is 6.18 Å². The Morgan fingerprint density at radius 2 is 1.73 bits per heavy atom. The predicted molar refractivity (Wildman–Crippen MR) is 134 cm³/mol. The third-order valence-corrected chi connectivity index (χ3v) is 6.11. The molecule has 3 N–H and O–H groups in total. The van der Waals surface area contributed by atoms with Crippen LogP contribution < -0.4 is 16.0 Å². The maximum absolute atomic E-state index is 13.0. The average molecular weight is 529 g/mol. The number of anilines is 3. The number of piperazine rings is 1. The summed E-state index contributed by atoms with van der Waals surface area (Å²) in [5.74, 6) is 0.532. The molecule has 2 amide bonds. The summed E-state index contributed by atoms with van der Waals surface area (Å²) < 4.78 is 38.9. The van der Waals surface area contributed by atoms with Gasteiger partial charge in [0.15, 0.2) is 17.0 Å². The van der Waals surface area contributed by atoms with E-state index in [1.807, 2.05) is 17.0 Å². The number of aromatic nitrogens is 4. The van der Waals surface area contributed by atoms with Crippen LogP contribution in [0.1, 0.15) is 5.56 Å². The van der Waals surface area contributed by atoms with Crippen molar-refractivity contribution in [1.82, 2.24) is 24.8 Å². The molecule has 37 heavy (non-hydrogen) atoms. The Balaban J connectivity index is 1.33. The van der Waals surface area contributed by atoms with Gasteiger partial charge >= 0.3 is 12.2 Å². The summed E-state index contributed by atoms with van der Waals surface area (Å²) in [4.78, 5) is 33.8. The van der Waals surface area contributed by atoms with Crippen LogP contribution in [0, 0.1) is 0 Å². The van der Waals surface area contributed by atoms with Crippen molar-refractivity contribution in [3.05, 3.63) is 65.3 Å². The van der Waals surface area contributed by atoms with E-state index in [9.17, 15) is 18.0 Å². The van der Waals surface area contributed by atoms with Gasteiger partial charge in [-0.05, 0) is 30.3 Å². The molecular formula is C24H20ClF3N8O. The third kappa shape index (κ3) is 5.33. The fourth-order valence-corrected chi connectivity index (χ4v) is 4.11. The van der Waals surface area contributed by atoms with E-state index >= 15 is 0 Å². The van der Waals surface area contributed by atoms with E-state index in [2.05, 4.69) is 20.3 Å². The van der Waals surface area contributed by atoms with Crippen LogP contribution in [0.3, 0.4) is 0 Å². The quantitative estimate of drug-likeness (QED) is 0.396. The van der Waals surface area contributed by atoms with Gasteiger partial charge in [-0.15, -0.1) is 0 Å². The molecule has 0 saturated carbocycles. The van der Waals surface area contributed by atoms with Crippen LogP contribution in [0.5, 0.6) is 0 Å². The summed E-state index contributed by atoms with van der Waals surface area (Å²) in [6.07, 6.45) is -2.90. The highest BCUT2D eigenvalue weighted by Gasteiger charge is 2.31. The van der Waals surface area contributed by atoms with Gasteiger partial charge in [0, 0.05) is 42.5 Å². The third-order valence-electron chi connectivity index (χ3n) is 5.85. The molecule has 1 aliphatic rings. The van der Waals surface area contributed by atoms with Crippen molar-refractivity contribution in [3.8, 4) is 11.3 Å². The van der Waals surface area contributed by atoms with Crippen molar-refractivity contribution in [3.63, 3.8) is 0 Å². The molecule has 4 aromatic rings. The predicted octanol–water partition coefficient (Wildman–Crippen LogP) is 4.70. The number of fused-ring (bicyclic) bond motifs is 1. The molecule has 2 aromatic carbocycles. The molecule has 2 aromatic heterocycles. The molecule has 0 atom stereocenters. The van der Waals surface area contributed by atoms with Crippen LogP contribution in [-0.2, 0) is 6.18 Å². The Morgan fingerprint density at radius 1 is 1.00 bits per heavy atom. The van der Waals surface area contributed by atoms with E-state index in [0.717, 1.165) is 17.7 Å². The first-order chi connectivity index (χ1) is 17.7. The van der Waals surface area contributed by atoms with E-state index < -0.39 is 17.8 Å². The number of amides is 2. The lowest BCUT2D eigenvalue weighted by molar-refractivity contribution is -0.137. The smallest absolute Gasteiger partial charge is 0.368 e. The molecule has 13 heteroatoms. The Morgan fingerprint density at radius 3 is 2.43 bits per heavy atom. The van der Waals surface area contributed by atoms with Gasteiger partial charge in [-0.2, -0.15) is 23.1 Å². The average Bonchev–Trinajstić information content (AvgIpc) is 2.88. The lowest BCUT2D eigenvalue weighted by Gasteiger charge is -2.35. The van der Waals surface area contributed by atoms with Gasteiger partial charge in [0.2, 0.25) is 5.95 Å². The van der Waals surface area contributed by atoms with Crippen molar-refractivity contribution < 1.29 is 18.0 Å². The summed E-state index contributed by atoms with van der Waals surface area (Å²) in [7, 11) is 0. The number of benzene rings is 2. The van der Waals surface area contributed by atoms with Gasteiger partial charge in [-0.25, -0.2) is 14.8 Å². The molecule has 3 heterocycles. The minimum atomic E-state index is -4.50. The van der Waals surface area contributed by atoms with E-state index in [4.69, 9.17) is 22.3 Å². The maximum Gasteiger partial charge on any atom is 0.416 e. The van der Waals surface area contributed by atoms with Crippen molar-refractivity contribution >= 4 is 46.2 Å². The van der Waals surface area contributed by atoms with Gasteiger partial charge in [-0.3, -0.25) is 0 Å². The summed E-state index contributed by atoms with van der Waals surface area (Å²) in [5, 5.41) is 3.14. The Bertz CT molecular complexity index is 1460. The number of rotatable bonds is 3. The van der Waals surface area contributed by atoms with Crippen LogP contribution in [0.2, 0.25) is 5.02 Å². The van der Waals surface area contributed by atoms with Crippen LogP contribution in [0.4, 0.5) is 35.4 Å². The zero-order valence-electron chi connectivity index (χ0n) is 19.2. The molecule has 0 unspecified atom stereocenters. The monoisotopic (exact) mass is 528 g/mol. The Kier molecular flexibility index (Phi) is 6.42. The first-order valence-electron chi connectivity index (χ1n) is 11.2. The number of nitrogens with zero attached hydrogens (tertiary/aromatic N) is 6. The van der Waals surface area contributed by atoms with E-state index in [1.54, 1.807) is 18.3 Å². The fraction of sp³-hybridized carbons (Fsp3) is 0.208. The Hall–Kier alpha value is -4.19. The van der Waals surface area contributed by atoms with Gasteiger partial charge < -0.3 is 20.9 Å². The fourth-order valence-electron chi connectivity index (χ4n) is 3.99. The van der Waals surface area contributed by atoms with Crippen LogP contribution in [0.15, 0.2) is 54.7 Å². The number of carbonyl (C=O) groups is 1. The Labute approximate surface area is 214 Å². The molecule has 190 valence electrons. The topological polar surface area (TPSA) is 113 Å². The van der Waals surface area contributed by atoms with E-state index in [1.165, 1.54) is 17.0 Å². The van der Waals surface area contributed by atoms with Crippen molar-refractivity contribution in [2.24, 2.45) is 0 Å². The number of hydrogen-bond acceptors (Lipinski definition) is 7. The molecule has 0 spiro atoms. The summed E-state index contributed by atoms with van der Waals surface area (Å²) in [6, 6.07) is 11.2. The second-order valence-corrected chi connectivity index (χ2v) is 8.76. The summed E-state index contributed by atoms with van der Waals surface area (Å²) in [5.41, 5.74) is 7.38. The minimum absolute atomic E-state index is 0.0424. The molecule has 1 saturated heterocycles. The highest BCUT2D eigenvalue weighted by Crippen LogP contribution is 2.31. The second-order valence-electron chi connectivity index (χ2n) is 8.32. The van der Waals surface area contributed by atoms with Crippen molar-refractivity contribution in [1.29, 1.82) is 0 Å². The second kappa shape index (κ2) is 9.69. The number of hydrogen-bond donors (Lipinski definition) is 2. The number of urea groups is 1. The van der Waals surface area contributed by atoms with Gasteiger partial charge in [0.05, 0.1) is 17.5 Å². The minimum Gasteiger partial charge on any atom is -0.368 e. The molecular weight excluding hydrogens is 509 g/mol. The standard InChI is InChI=1S/C24H20ClF3N8O/c25-16-6-4-14(5-7-16)18-13-30-20-19(32-18)21(34-22(29)33-20)35-8-10-36(11-9-35)23(37)31-17-3-1-2-15(12-17)24(26,27)28/h1-7,12-13H,8-11H2,(H,31,37)(H2,29,30,33,34). The first-order valence-corrected chi connectivity index (χ1v) is 11.6. The highest BCUT2D eigenvalue weighted by molar-refractivity contribution is 6.30. The lowest BCUT2D eigenvalue weighted by atomic mass is 10.1. The largest absolute Gasteiger partial charge is 0.416 e. The van der Waals surface area contributed by atoms with E-state index in [0.29, 0.717) is 53.9 Å². The maximum atomic E-state index is 13.0. The van der Waals surface area contributed by atoms with Crippen LogP contribution >= 0.6 is 11.6 Å². The summed E-state index contributed by atoms with van der Waals surface area (Å²) >= 11 is 5.99. The zero-order chi connectivity index (χ0) is 26.2. The molecule has 0 aliphatic carbocycles. The van der Waals surface area contributed by atoms with Crippen LogP contribution in [-0.4, -0.2) is 57.0 Å². The zero-order valence-corrected chi connectivity index (χ0v) is 20.0. The molecule has 0 radical (unpaired) electrons. The van der Waals surface area contributed by atoms with E-state index in [-0.39, 0.29) is 11.6 Å². The molecule has 0 bridgehead atoms. The molecule has 5 rings (SSSR count). The van der Waals surface area contributed by atoms with Gasteiger partial charge in [-0.1, -0.05) is 29.8 Å². The highest BCUT2D eigenvalue weighted by atomic mass is 35.5. The summed E-state index contributed by atoms with van der Waals surface area (Å²) in [6.45, 7) is 1.41. The number of carbonyl (C=O) groups excluding carboxylic acids is 1. The molecule has 9 nitrogen and oxygen atoms in total. The number of nitrogens with two attached hydrogens (primary N) is 1. The van der Waals surface area contributed by atoms with Crippen LogP contribution in [0.25, 0.3) is 22.4 Å². The van der Waals surface area contributed by atoms with Gasteiger partial charge in [0.1, 0.15) is 0 Å². The number of nitrogens with one attached hydrogen (secondary N) is 1. The molecule has 1 aliphatic heterocycles. The number of halogens is 4. The van der Waals surface area contributed by atoms with Crippen molar-refractivity contribution in [2.75, 3.05) is 42.1 Å². The SMILES string of the molecule is Nc1nc(N2CCN(C(=O)Nc3cccc(C(F)(F)F)c3)CC2)c2nc(-c3ccc(Cl)cc3)cnc2n1.